The number of anilines is 1. The van der Waals surface area contributed by atoms with Crippen LogP contribution < -0.4 is 5.73 Å². The van der Waals surface area contributed by atoms with Crippen LogP contribution in [0.3, 0.4) is 0 Å². The Morgan fingerprint density at radius 1 is 1.27 bits per heavy atom. The second-order valence-electron chi connectivity index (χ2n) is 2.94. The number of nitrogens with two attached hydrogens (primary N) is 1. The summed E-state index contributed by atoms with van der Waals surface area (Å²) in [5.41, 5.74) is 7.74. The molecule has 0 aliphatic heterocycles. The molecule has 5 heteroatoms. The standard InChI is InChI=1S/C10H7BrIN3/c11-7-3-1-2-6(4-7)8-9(12)14-5-15-10(8)13/h1-5H,(H2,13,14,15). The minimum atomic E-state index is 0.507. The number of rotatable bonds is 1. The number of nitrogens with zero attached hydrogens (tertiary/aromatic N) is 2. The van der Waals surface area contributed by atoms with Crippen molar-refractivity contribution in [3.8, 4) is 11.1 Å². The highest BCUT2D eigenvalue weighted by molar-refractivity contribution is 14.1. The molecule has 2 N–H and O–H groups in total. The van der Waals surface area contributed by atoms with Crippen LogP contribution in [0, 0.1) is 3.70 Å². The van der Waals surface area contributed by atoms with Crippen molar-refractivity contribution in [3.63, 3.8) is 0 Å². The highest BCUT2D eigenvalue weighted by Crippen LogP contribution is 2.29. The maximum atomic E-state index is 5.83. The summed E-state index contributed by atoms with van der Waals surface area (Å²) in [7, 11) is 0. The average Bonchev–Trinajstić information content (AvgIpc) is 2.17. The van der Waals surface area contributed by atoms with Crippen LogP contribution in [0.4, 0.5) is 5.82 Å². The fraction of sp³-hybridized carbons (Fsp3) is 0. The Morgan fingerprint density at radius 3 is 2.73 bits per heavy atom. The van der Waals surface area contributed by atoms with Crippen molar-refractivity contribution >= 4 is 44.3 Å². The monoisotopic (exact) mass is 375 g/mol. The van der Waals surface area contributed by atoms with Crippen molar-refractivity contribution in [1.82, 2.24) is 9.97 Å². The molecule has 1 aromatic carbocycles. The Kier molecular flexibility index (Phi) is 3.20. The van der Waals surface area contributed by atoms with E-state index in [-0.39, 0.29) is 0 Å². The summed E-state index contributed by atoms with van der Waals surface area (Å²) in [6, 6.07) is 7.91. The zero-order valence-electron chi connectivity index (χ0n) is 7.61. The molecule has 0 bridgehead atoms. The van der Waals surface area contributed by atoms with Gasteiger partial charge in [-0.05, 0) is 40.3 Å². The van der Waals surface area contributed by atoms with Crippen molar-refractivity contribution in [2.75, 3.05) is 5.73 Å². The lowest BCUT2D eigenvalue weighted by molar-refractivity contribution is 1.15. The van der Waals surface area contributed by atoms with E-state index in [0.717, 1.165) is 19.3 Å². The number of benzene rings is 1. The Hall–Kier alpha value is -0.690. The van der Waals surface area contributed by atoms with Crippen LogP contribution in [0.2, 0.25) is 0 Å². The average molecular weight is 376 g/mol. The molecule has 0 fully saturated rings. The molecule has 0 aliphatic rings. The predicted octanol–water partition coefficient (Wildman–Crippen LogP) is 3.09. The fourth-order valence-electron chi connectivity index (χ4n) is 1.29. The van der Waals surface area contributed by atoms with Crippen LogP contribution in [0.5, 0.6) is 0 Å². The maximum absolute atomic E-state index is 5.83. The van der Waals surface area contributed by atoms with Gasteiger partial charge in [0.1, 0.15) is 15.8 Å². The molecule has 15 heavy (non-hydrogen) atoms. The van der Waals surface area contributed by atoms with Gasteiger partial charge < -0.3 is 5.73 Å². The summed E-state index contributed by atoms with van der Waals surface area (Å²) in [6.45, 7) is 0. The van der Waals surface area contributed by atoms with Crippen LogP contribution >= 0.6 is 38.5 Å². The van der Waals surface area contributed by atoms with Gasteiger partial charge in [-0.15, -0.1) is 0 Å². The van der Waals surface area contributed by atoms with E-state index >= 15 is 0 Å². The first-order valence-electron chi connectivity index (χ1n) is 4.20. The molecule has 1 aromatic heterocycles. The van der Waals surface area contributed by atoms with Crippen LogP contribution in [-0.4, -0.2) is 9.97 Å². The van der Waals surface area contributed by atoms with E-state index in [4.69, 9.17) is 5.73 Å². The summed E-state index contributed by atoms with van der Waals surface area (Å²) in [5, 5.41) is 0. The summed E-state index contributed by atoms with van der Waals surface area (Å²) in [6.07, 6.45) is 1.47. The van der Waals surface area contributed by atoms with Gasteiger partial charge in [-0.25, -0.2) is 9.97 Å². The smallest absolute Gasteiger partial charge is 0.135 e. The zero-order valence-corrected chi connectivity index (χ0v) is 11.4. The lowest BCUT2D eigenvalue weighted by atomic mass is 10.1. The van der Waals surface area contributed by atoms with Crippen molar-refractivity contribution in [2.45, 2.75) is 0 Å². The molecule has 0 saturated heterocycles. The lowest BCUT2D eigenvalue weighted by Crippen LogP contribution is -1.98. The molecule has 0 aliphatic carbocycles. The van der Waals surface area contributed by atoms with E-state index in [1.54, 1.807) is 0 Å². The lowest BCUT2D eigenvalue weighted by Gasteiger charge is -2.06. The normalized spacial score (nSPS) is 10.3. The molecule has 2 aromatic rings. The van der Waals surface area contributed by atoms with Crippen LogP contribution in [0.25, 0.3) is 11.1 Å². The van der Waals surface area contributed by atoms with Gasteiger partial charge >= 0.3 is 0 Å². The summed E-state index contributed by atoms with van der Waals surface area (Å²) >= 11 is 5.58. The van der Waals surface area contributed by atoms with Crippen molar-refractivity contribution < 1.29 is 0 Å². The second kappa shape index (κ2) is 4.44. The molecule has 76 valence electrons. The van der Waals surface area contributed by atoms with Gasteiger partial charge in [0, 0.05) is 4.47 Å². The molecule has 0 unspecified atom stereocenters. The second-order valence-corrected chi connectivity index (χ2v) is 4.87. The molecule has 0 saturated carbocycles. The van der Waals surface area contributed by atoms with Crippen LogP contribution in [0.15, 0.2) is 35.1 Å². The van der Waals surface area contributed by atoms with E-state index in [9.17, 15) is 0 Å². The molecule has 0 amide bonds. The third-order valence-corrected chi connectivity index (χ3v) is 3.25. The molecular formula is C10H7BrIN3. The Bertz CT molecular complexity index is 482. The van der Waals surface area contributed by atoms with E-state index in [2.05, 4.69) is 48.5 Å². The summed E-state index contributed by atoms with van der Waals surface area (Å²) in [5.74, 6) is 0.507. The predicted molar refractivity (Wildman–Crippen MR) is 72.3 cm³/mol. The van der Waals surface area contributed by atoms with Gasteiger partial charge in [0.05, 0.1) is 5.56 Å². The quantitative estimate of drug-likeness (QED) is 0.615. The molecule has 2 rings (SSSR count). The Morgan fingerprint density at radius 2 is 2.07 bits per heavy atom. The molecule has 3 nitrogen and oxygen atoms in total. The van der Waals surface area contributed by atoms with E-state index in [0.29, 0.717) is 5.82 Å². The van der Waals surface area contributed by atoms with Crippen LogP contribution in [0.1, 0.15) is 0 Å². The first-order chi connectivity index (χ1) is 7.18. The first kappa shape index (κ1) is 10.8. The number of halogens is 2. The maximum Gasteiger partial charge on any atom is 0.135 e. The first-order valence-corrected chi connectivity index (χ1v) is 6.07. The molecule has 1 heterocycles. The molecule has 0 atom stereocenters. The SMILES string of the molecule is Nc1ncnc(I)c1-c1cccc(Br)c1. The Labute approximate surface area is 109 Å². The number of nitrogen functional groups attached to an aromatic ring is 1. The third-order valence-electron chi connectivity index (χ3n) is 1.94. The van der Waals surface area contributed by atoms with Gasteiger partial charge in [-0.1, -0.05) is 28.1 Å². The highest BCUT2D eigenvalue weighted by Gasteiger charge is 2.09. The van der Waals surface area contributed by atoms with Crippen molar-refractivity contribution in [1.29, 1.82) is 0 Å². The van der Waals surface area contributed by atoms with Gasteiger partial charge in [-0.3, -0.25) is 0 Å². The van der Waals surface area contributed by atoms with Crippen molar-refractivity contribution in [2.24, 2.45) is 0 Å². The highest BCUT2D eigenvalue weighted by atomic mass is 127. The van der Waals surface area contributed by atoms with Gasteiger partial charge in [-0.2, -0.15) is 0 Å². The minimum Gasteiger partial charge on any atom is -0.383 e. The topological polar surface area (TPSA) is 51.8 Å². The van der Waals surface area contributed by atoms with E-state index in [1.807, 2.05) is 24.3 Å². The van der Waals surface area contributed by atoms with E-state index in [1.165, 1.54) is 6.33 Å². The zero-order chi connectivity index (χ0) is 10.8. The number of hydrogen-bond acceptors (Lipinski definition) is 3. The largest absolute Gasteiger partial charge is 0.383 e. The fourth-order valence-corrected chi connectivity index (χ4v) is 2.40. The molecule has 0 radical (unpaired) electrons. The number of hydrogen-bond donors (Lipinski definition) is 1. The minimum absolute atomic E-state index is 0.507. The van der Waals surface area contributed by atoms with Gasteiger partial charge in [0.2, 0.25) is 0 Å². The third kappa shape index (κ3) is 2.28. The van der Waals surface area contributed by atoms with E-state index < -0.39 is 0 Å². The molecular weight excluding hydrogens is 369 g/mol. The molecule has 0 spiro atoms. The number of aromatic nitrogens is 2. The Balaban J connectivity index is 2.63. The van der Waals surface area contributed by atoms with Gasteiger partial charge in [0.25, 0.3) is 0 Å². The summed E-state index contributed by atoms with van der Waals surface area (Å²) in [4.78, 5) is 8.12. The van der Waals surface area contributed by atoms with Gasteiger partial charge in [0.15, 0.2) is 0 Å². The summed E-state index contributed by atoms with van der Waals surface area (Å²) < 4.78 is 1.87. The van der Waals surface area contributed by atoms with Crippen molar-refractivity contribution in [3.05, 3.63) is 38.8 Å². The van der Waals surface area contributed by atoms with Crippen LogP contribution in [-0.2, 0) is 0 Å².